The number of hydrogen-bond donors (Lipinski definition) is 7. The molecule has 1 heterocycles. The minimum atomic E-state index is -0.877. The Morgan fingerprint density at radius 1 is 0.510 bits per heavy atom. The molecular formula is C38H26BN3O7. The average Bonchev–Trinajstić information content (AvgIpc) is 3.56. The summed E-state index contributed by atoms with van der Waals surface area (Å²) in [6, 6.07) is 33.7. The van der Waals surface area contributed by atoms with E-state index in [2.05, 4.69) is 5.10 Å². The number of hydrazone groups is 1. The van der Waals surface area contributed by atoms with Gasteiger partial charge < -0.3 is 40.9 Å². The van der Waals surface area contributed by atoms with Crippen LogP contribution in [0.25, 0.3) is 44.2 Å². The molecule has 49 heavy (non-hydrogen) atoms. The van der Waals surface area contributed by atoms with E-state index in [1.165, 1.54) is 0 Å². The number of benzene rings is 6. The minimum Gasteiger partial charge on any atom is -0.505 e. The third-order valence-electron chi connectivity index (χ3n) is 8.34. The first-order valence-electron chi connectivity index (χ1n) is 14.9. The van der Waals surface area contributed by atoms with Gasteiger partial charge in [0.05, 0.1) is 22.0 Å². The Hall–Kier alpha value is -6.88. The number of aromatic hydroxyl groups is 6. The van der Waals surface area contributed by atoms with Crippen molar-refractivity contribution in [2.45, 2.75) is 0 Å². The second kappa shape index (κ2) is 12.1. The maximum absolute atomic E-state index is 11.7. The van der Waals surface area contributed by atoms with Crippen LogP contribution in [0.4, 0.5) is 0 Å². The first-order chi connectivity index (χ1) is 23.7. The molecule has 1 aromatic heterocycles. The first-order valence-corrected chi connectivity index (χ1v) is 14.9. The lowest BCUT2D eigenvalue weighted by molar-refractivity contribution is 0.399. The average molecular weight is 647 g/mol. The summed E-state index contributed by atoms with van der Waals surface area (Å²) >= 11 is 0. The molecule has 7 rings (SSSR count). The number of furan rings is 1. The molecule has 0 aliphatic rings. The highest BCUT2D eigenvalue weighted by Gasteiger charge is 2.31. The van der Waals surface area contributed by atoms with E-state index in [4.69, 9.17) is 23.1 Å². The van der Waals surface area contributed by atoms with Gasteiger partial charge in [0.25, 0.3) is 0 Å². The Morgan fingerprint density at radius 2 is 0.959 bits per heavy atom. The van der Waals surface area contributed by atoms with Crippen molar-refractivity contribution >= 4 is 46.8 Å². The highest BCUT2D eigenvalue weighted by molar-refractivity contribution is 6.39. The fraction of sp³-hybridized carbons (Fsp3) is 0. The summed E-state index contributed by atoms with van der Waals surface area (Å²) in [4.78, 5) is 4.71. The Kier molecular flexibility index (Phi) is 7.57. The number of nitrogens with zero attached hydrogens (tertiary/aromatic N) is 2. The van der Waals surface area contributed by atoms with Gasteiger partial charge in [-0.05, 0) is 27.7 Å². The summed E-state index contributed by atoms with van der Waals surface area (Å²) in [5, 5.41) is 69.2. The van der Waals surface area contributed by atoms with E-state index < -0.39 is 51.1 Å². The summed E-state index contributed by atoms with van der Waals surface area (Å²) in [7, 11) is 5.71. The zero-order valence-corrected chi connectivity index (χ0v) is 25.5. The monoisotopic (exact) mass is 647 g/mol. The van der Waals surface area contributed by atoms with E-state index in [9.17, 15) is 30.6 Å². The van der Waals surface area contributed by atoms with Gasteiger partial charge in [-0.25, -0.2) is 4.99 Å². The molecule has 0 aliphatic carbocycles. The quantitative estimate of drug-likeness (QED) is 0.0222. The molecule has 0 unspecified atom stereocenters. The fourth-order valence-electron chi connectivity index (χ4n) is 5.82. The third-order valence-corrected chi connectivity index (χ3v) is 8.34. The number of hydrogen-bond acceptors (Lipinski definition) is 9. The number of rotatable bonds is 5. The lowest BCUT2D eigenvalue weighted by atomic mass is 9.91. The summed E-state index contributed by atoms with van der Waals surface area (Å²) < 4.78 is 5.71. The summed E-state index contributed by atoms with van der Waals surface area (Å²) in [5.74, 6) is 1.03. The van der Waals surface area contributed by atoms with E-state index in [0.29, 0.717) is 11.1 Å². The van der Waals surface area contributed by atoms with Crippen molar-refractivity contribution in [3.05, 3.63) is 126 Å². The number of amidine groups is 1. The molecule has 7 aromatic rings. The maximum atomic E-state index is 11.7. The fourth-order valence-corrected chi connectivity index (χ4v) is 5.82. The van der Waals surface area contributed by atoms with Crippen molar-refractivity contribution in [3.8, 4) is 56.8 Å². The van der Waals surface area contributed by atoms with Crippen LogP contribution in [0, 0.1) is 0 Å². The number of nitrogens with two attached hydrogens (primary N) is 1. The topological polar surface area (TPSA) is 185 Å². The van der Waals surface area contributed by atoms with E-state index in [1.54, 1.807) is 24.3 Å². The van der Waals surface area contributed by atoms with Gasteiger partial charge in [0.15, 0.2) is 51.5 Å². The molecule has 0 saturated carbocycles. The van der Waals surface area contributed by atoms with Gasteiger partial charge in [-0.1, -0.05) is 109 Å². The standard InChI is InChI=1S/C38H26BN3O7/c39-28-34(47)31(44)26-25-30(43)32(45)27(33(46)36(25)49-37(26)35(28)48)29(23-15-11-21(12-16-23)19-7-3-1-4-8-19)41-38(42-40)24-17-13-22(14-18-24)20-9-5-2-6-10-20/h1-18,43-48H,40H2/b41-29?,42-38-. The third kappa shape index (κ3) is 5.10. The zero-order chi connectivity index (χ0) is 34.4. The predicted molar refractivity (Wildman–Crippen MR) is 189 cm³/mol. The molecular weight excluding hydrogens is 621 g/mol. The molecule has 10 nitrogen and oxygen atoms in total. The van der Waals surface area contributed by atoms with Gasteiger partial charge in [0.2, 0.25) is 0 Å². The first kappa shape index (κ1) is 30.8. The maximum Gasteiger partial charge on any atom is 0.182 e. The van der Waals surface area contributed by atoms with Gasteiger partial charge in [-0.2, -0.15) is 5.10 Å². The molecule has 0 amide bonds. The van der Waals surface area contributed by atoms with Crippen molar-refractivity contribution in [2.24, 2.45) is 15.9 Å². The van der Waals surface area contributed by atoms with E-state index in [-0.39, 0.29) is 27.9 Å². The molecule has 0 bridgehead atoms. The number of fused-ring (bicyclic) bond motifs is 3. The molecule has 0 saturated heterocycles. The highest BCUT2D eigenvalue weighted by Crippen LogP contribution is 2.53. The normalized spacial score (nSPS) is 12.2. The van der Waals surface area contributed by atoms with Gasteiger partial charge in [-0.15, -0.1) is 0 Å². The van der Waals surface area contributed by atoms with Crippen LogP contribution in [0.15, 0.2) is 124 Å². The molecule has 0 atom stereocenters. The van der Waals surface area contributed by atoms with E-state index >= 15 is 0 Å². The van der Waals surface area contributed by atoms with Crippen LogP contribution < -0.4 is 11.3 Å². The van der Waals surface area contributed by atoms with Crippen LogP contribution in [-0.4, -0.2) is 50.0 Å². The summed E-state index contributed by atoms with van der Waals surface area (Å²) in [5.41, 5.74) is 2.76. The van der Waals surface area contributed by atoms with Crippen LogP contribution in [0.3, 0.4) is 0 Å². The minimum absolute atomic E-state index is 0.0257. The van der Waals surface area contributed by atoms with Crippen molar-refractivity contribution in [1.29, 1.82) is 0 Å². The van der Waals surface area contributed by atoms with Crippen LogP contribution in [0.1, 0.15) is 16.7 Å². The van der Waals surface area contributed by atoms with E-state index in [1.807, 2.05) is 84.9 Å². The summed E-state index contributed by atoms with van der Waals surface area (Å²) in [6.07, 6.45) is 0. The lowest BCUT2D eigenvalue weighted by Gasteiger charge is -2.15. The molecule has 11 heteroatoms. The Bertz CT molecular complexity index is 2440. The molecule has 2 radical (unpaired) electrons. The largest absolute Gasteiger partial charge is 0.505 e. The highest BCUT2D eigenvalue weighted by atomic mass is 16.4. The SMILES string of the molecule is [B]c1c(O)c(O)c2c(oc3c(O)c(C(=N/C(=N\N)c4ccc(-c5ccccc5)cc4)c4ccc(-c5ccccc5)cc4)c(O)c(O)c32)c1O. The second-order valence-electron chi connectivity index (χ2n) is 11.2. The number of phenols is 6. The number of aliphatic imine (C=N–C) groups is 1. The Labute approximate surface area is 280 Å². The second-order valence-corrected chi connectivity index (χ2v) is 11.2. The molecule has 0 fully saturated rings. The lowest BCUT2D eigenvalue weighted by Crippen LogP contribution is -2.11. The zero-order valence-electron chi connectivity index (χ0n) is 25.5. The van der Waals surface area contributed by atoms with E-state index in [0.717, 1.165) is 22.3 Å². The molecule has 6 aromatic carbocycles. The number of phenolic OH excluding ortho intramolecular Hbond substituents is 6. The smallest absolute Gasteiger partial charge is 0.182 e. The molecule has 238 valence electrons. The van der Waals surface area contributed by atoms with Crippen LogP contribution in [0.2, 0.25) is 0 Å². The molecule has 0 aliphatic heterocycles. The van der Waals surface area contributed by atoms with Crippen LogP contribution in [-0.2, 0) is 0 Å². The van der Waals surface area contributed by atoms with Gasteiger partial charge in [-0.3, -0.25) is 0 Å². The predicted octanol–water partition coefficient (Wildman–Crippen LogP) is 6.11. The van der Waals surface area contributed by atoms with Gasteiger partial charge >= 0.3 is 0 Å². The van der Waals surface area contributed by atoms with Crippen molar-refractivity contribution in [2.75, 3.05) is 0 Å². The summed E-state index contributed by atoms with van der Waals surface area (Å²) in [6.45, 7) is 0. The van der Waals surface area contributed by atoms with Crippen molar-refractivity contribution in [3.63, 3.8) is 0 Å². The van der Waals surface area contributed by atoms with Crippen molar-refractivity contribution < 1.29 is 35.1 Å². The van der Waals surface area contributed by atoms with Gasteiger partial charge in [0, 0.05) is 11.1 Å². The van der Waals surface area contributed by atoms with Crippen LogP contribution >= 0.6 is 0 Å². The van der Waals surface area contributed by atoms with Gasteiger partial charge in [0.1, 0.15) is 7.85 Å². The van der Waals surface area contributed by atoms with Crippen molar-refractivity contribution in [1.82, 2.24) is 0 Å². The molecule has 8 N–H and O–H groups in total. The molecule has 0 spiro atoms. The Balaban J connectivity index is 1.45. The Morgan fingerprint density at radius 3 is 1.47 bits per heavy atom. The van der Waals surface area contributed by atoms with Crippen LogP contribution in [0.5, 0.6) is 34.5 Å².